The number of halogens is 2. The zero-order chi connectivity index (χ0) is 39.5. The molecule has 6 N–H and O–H groups in total. The molecule has 24 heteroatoms. The van der Waals surface area contributed by atoms with Crippen LogP contribution in [0, 0.1) is 0 Å². The van der Waals surface area contributed by atoms with Crippen molar-refractivity contribution >= 4 is 89.2 Å². The van der Waals surface area contributed by atoms with Gasteiger partial charge in [0.05, 0.1) is 32.6 Å². The van der Waals surface area contributed by atoms with Crippen molar-refractivity contribution in [1.29, 1.82) is 0 Å². The van der Waals surface area contributed by atoms with E-state index in [1.807, 2.05) is 0 Å². The Bertz CT molecular complexity index is 2360. The Balaban J connectivity index is 0.000000290. The van der Waals surface area contributed by atoms with Gasteiger partial charge in [0.25, 0.3) is 11.8 Å². The van der Waals surface area contributed by atoms with Crippen molar-refractivity contribution in [2.24, 2.45) is 40.9 Å². The molecule has 2 amide bonds. The molecule has 4 aromatic rings. The van der Waals surface area contributed by atoms with Gasteiger partial charge >= 0.3 is 18.9 Å². The van der Waals surface area contributed by atoms with E-state index >= 15 is 0 Å². The Kier molecular flexibility index (Phi) is 15.3. The topological polar surface area (TPSA) is 276 Å². The maximum atomic E-state index is 12.6. The Morgan fingerprint density at radius 3 is 1.34 bits per heavy atom. The number of benzene rings is 4. The van der Waals surface area contributed by atoms with Crippen LogP contribution in [-0.4, -0.2) is 62.4 Å². The van der Waals surface area contributed by atoms with E-state index in [1.54, 1.807) is 13.8 Å². The van der Waals surface area contributed by atoms with Gasteiger partial charge in [-0.3, -0.25) is 9.59 Å². The van der Waals surface area contributed by atoms with Crippen LogP contribution in [0.25, 0.3) is 0 Å². The number of hydrogen-bond acceptors (Lipinski definition) is 14. The number of sulfonamides is 2. The second-order valence-corrected chi connectivity index (χ2v) is 15.4. The van der Waals surface area contributed by atoms with E-state index in [4.69, 9.17) is 33.5 Å². The predicted molar refractivity (Wildman–Crippen MR) is 200 cm³/mol. The number of anilines is 2. The van der Waals surface area contributed by atoms with Crippen LogP contribution in [0.15, 0.2) is 125 Å². The first-order valence-electron chi connectivity index (χ1n) is 15.2. The van der Waals surface area contributed by atoms with Crippen molar-refractivity contribution in [3.8, 4) is 11.5 Å². The van der Waals surface area contributed by atoms with E-state index in [0.29, 0.717) is 21.5 Å². The van der Waals surface area contributed by atoms with E-state index in [2.05, 4.69) is 30.7 Å². The fourth-order valence-corrected chi connectivity index (χ4v) is 6.17. The molecule has 2 aliphatic heterocycles. The summed E-state index contributed by atoms with van der Waals surface area (Å²) in [4.78, 5) is 25.0. The molecule has 0 spiro atoms. The van der Waals surface area contributed by atoms with Gasteiger partial charge in [0, 0.05) is 27.4 Å². The molecule has 0 saturated carbocycles. The van der Waals surface area contributed by atoms with Crippen LogP contribution in [0.4, 0.5) is 22.7 Å². The van der Waals surface area contributed by atoms with Gasteiger partial charge in [-0.15, -0.1) is 0 Å². The van der Waals surface area contributed by atoms with Crippen molar-refractivity contribution in [1.82, 2.24) is 0 Å². The van der Waals surface area contributed by atoms with Crippen molar-refractivity contribution in [3.63, 3.8) is 0 Å². The molecule has 0 radical (unpaired) electrons. The summed E-state index contributed by atoms with van der Waals surface area (Å²) in [6.07, 6.45) is 0. The minimum atomic E-state index is -3.92. The van der Waals surface area contributed by atoms with Crippen LogP contribution in [-0.2, 0) is 47.0 Å². The van der Waals surface area contributed by atoms with Gasteiger partial charge < -0.3 is 10.2 Å². The van der Waals surface area contributed by atoms with Gasteiger partial charge in [0.15, 0.2) is 12.1 Å². The normalized spacial score (nSPS) is 17.0. The molecule has 0 saturated heterocycles. The van der Waals surface area contributed by atoms with E-state index in [0.717, 1.165) is 10.0 Å². The summed E-state index contributed by atoms with van der Waals surface area (Å²) >= 11 is 11.7. The van der Waals surface area contributed by atoms with Crippen LogP contribution in [0.3, 0.4) is 0 Å². The number of primary sulfonamides is 2. The summed E-state index contributed by atoms with van der Waals surface area (Å²) < 4.78 is 46.0. The minimum Gasteiger partial charge on any atom is -0.506 e. The van der Waals surface area contributed by atoms with E-state index in [9.17, 15) is 36.6 Å². The number of phenolic OH excluding ortho intramolecular Hbond substituents is 2. The number of hydrogen-bond donors (Lipinski definition) is 4. The maximum Gasteiger partial charge on any atom is 1.00 e. The molecule has 2 heterocycles. The van der Waals surface area contributed by atoms with Gasteiger partial charge in [0.2, 0.25) is 20.0 Å². The number of nitrogens with zero attached hydrogens (tertiary/aromatic N) is 8. The minimum absolute atomic E-state index is 0. The smallest absolute Gasteiger partial charge is 0.506 e. The van der Waals surface area contributed by atoms with Gasteiger partial charge in [0.1, 0.15) is 22.9 Å². The van der Waals surface area contributed by atoms with Crippen molar-refractivity contribution in [3.05, 3.63) is 95.0 Å². The van der Waals surface area contributed by atoms with Crippen LogP contribution < -0.4 is 39.2 Å². The van der Waals surface area contributed by atoms with Gasteiger partial charge in [-0.1, -0.05) is 35.3 Å². The quantitative estimate of drug-likeness (QED) is 0.150. The number of phenols is 2. The number of nitrogens with two attached hydrogens (primary N) is 2. The second-order valence-electron chi connectivity index (χ2n) is 11.4. The number of hydrazone groups is 2. The average Bonchev–Trinajstić information content (AvgIpc) is 3.57. The maximum absolute atomic E-state index is 12.6. The van der Waals surface area contributed by atoms with E-state index in [1.165, 1.54) is 84.9 Å². The van der Waals surface area contributed by atoms with Crippen LogP contribution in [0.2, 0.25) is 10.0 Å². The molecule has 286 valence electrons. The third kappa shape index (κ3) is 10.9. The molecule has 2 unspecified atom stereocenters. The molecule has 6 rings (SSSR count). The van der Waals surface area contributed by atoms with Crippen molar-refractivity contribution in [2.45, 2.75) is 35.7 Å². The molecule has 0 bridgehead atoms. The van der Waals surface area contributed by atoms with Gasteiger partial charge in [-0.05, 0) is 86.6 Å². The molecule has 18 nitrogen and oxygen atoms in total. The number of amides is 2. The summed E-state index contributed by atoms with van der Waals surface area (Å²) in [7, 11) is -7.85. The fraction of sp³-hybridized carbons (Fsp3) is 0.125. The molecular weight excluding hydrogens is 846 g/mol. The number of carbonyl (C=O) groups excluding carboxylic acids is 2. The molecule has 0 aliphatic carbocycles. The van der Waals surface area contributed by atoms with Crippen LogP contribution >= 0.6 is 23.2 Å². The van der Waals surface area contributed by atoms with Gasteiger partial charge in [-0.25, -0.2) is 27.1 Å². The Hall–Kier alpha value is -4.51. The van der Waals surface area contributed by atoms with E-state index in [-0.39, 0.29) is 80.3 Å². The zero-order valence-corrected chi connectivity index (χ0v) is 33.7. The summed E-state index contributed by atoms with van der Waals surface area (Å²) in [5.74, 6) is -1.32. The Morgan fingerprint density at radius 1 is 0.643 bits per heavy atom. The third-order valence-corrected chi connectivity index (χ3v) is 9.70. The Labute approximate surface area is 353 Å². The number of azo groups is 2. The van der Waals surface area contributed by atoms with Crippen molar-refractivity contribution < 1.29 is 72.9 Å². The standard InChI is InChI=1S/2C16H14ClN5O4S.Cr.Li/c2*1-9-15(20-19-13-7-10(17)5-6-14(13)23)16(24)22(21-9)11-3-2-4-12(8-11)27(18,25)26;;/h2*2-8,15,23H,1H3,(H2,18,25,26);;/q;;;+1. The first-order chi connectivity index (χ1) is 25.3. The summed E-state index contributed by atoms with van der Waals surface area (Å²) in [5, 5.41) is 56.4. The number of rotatable bonds is 8. The van der Waals surface area contributed by atoms with E-state index < -0.39 is 43.9 Å². The summed E-state index contributed by atoms with van der Waals surface area (Å²) in [5.41, 5.74) is 1.39. The van der Waals surface area contributed by atoms with Gasteiger partial charge in [-0.2, -0.15) is 40.7 Å². The molecule has 2 aliphatic rings. The monoisotopic (exact) mass is 873 g/mol. The third-order valence-electron chi connectivity index (χ3n) is 7.41. The first kappa shape index (κ1) is 45.9. The number of carbonyl (C=O) groups is 2. The Morgan fingerprint density at radius 2 is 1.00 bits per heavy atom. The largest absolute Gasteiger partial charge is 1.00 e. The number of aromatic hydroxyl groups is 2. The van der Waals surface area contributed by atoms with Crippen LogP contribution in [0.5, 0.6) is 11.5 Å². The summed E-state index contributed by atoms with van der Waals surface area (Å²) in [6, 6.07) is 17.5. The predicted octanol–water partition coefficient (Wildman–Crippen LogP) is 2.14. The molecule has 2 atom stereocenters. The first-order valence-corrected chi connectivity index (χ1v) is 19.0. The molecular formula is C32H28Cl2CrLiN10O8S2+. The summed E-state index contributed by atoms with van der Waals surface area (Å²) in [6.45, 7) is 3.17. The second kappa shape index (κ2) is 18.6. The SMILES string of the molecule is CC1=NN(c2cccc(S(N)(=O)=O)c2)C(=O)C1N=Nc1cc(Cl)ccc1O.CC1=NN(c2cccc(S(N)(=O)=O)c2)C(=O)C1N=Nc1cc(Cl)ccc1O.[Cr].[Li+]. The molecule has 0 fully saturated rings. The molecule has 56 heavy (non-hydrogen) atoms. The average molecular weight is 875 g/mol. The fourth-order valence-electron chi connectivity index (χ4n) is 4.73. The van der Waals surface area contributed by atoms with Crippen LogP contribution in [0.1, 0.15) is 13.8 Å². The zero-order valence-electron chi connectivity index (χ0n) is 29.3. The molecule has 0 aromatic heterocycles. The molecule has 4 aromatic carbocycles. The van der Waals surface area contributed by atoms with Crippen molar-refractivity contribution in [2.75, 3.05) is 10.0 Å².